The van der Waals surface area contributed by atoms with Crippen LogP contribution in [0.1, 0.15) is 26.1 Å². The first-order valence-electron chi connectivity index (χ1n) is 7.02. The third kappa shape index (κ3) is 3.02. The molecule has 0 aliphatic carbocycles. The van der Waals surface area contributed by atoms with Crippen LogP contribution in [0.15, 0.2) is 16.7 Å². The molecule has 2 atom stereocenters. The number of aromatic amines is 1. The maximum Gasteiger partial charge on any atom is 0.177 e. The van der Waals surface area contributed by atoms with Crippen molar-refractivity contribution in [1.82, 2.24) is 19.9 Å². The molecule has 3 rings (SSSR count). The number of aromatic nitrogens is 3. The molecule has 1 saturated heterocycles. The summed E-state index contributed by atoms with van der Waals surface area (Å²) in [5.74, 6) is 0.967. The lowest BCUT2D eigenvalue weighted by atomic mass is 10.2. The van der Waals surface area contributed by atoms with Crippen molar-refractivity contribution in [3.05, 3.63) is 22.6 Å². The molecule has 1 aliphatic heterocycles. The van der Waals surface area contributed by atoms with Crippen LogP contribution in [-0.4, -0.2) is 45.1 Å². The van der Waals surface area contributed by atoms with Crippen LogP contribution in [0.4, 0.5) is 0 Å². The van der Waals surface area contributed by atoms with Crippen molar-refractivity contribution in [2.24, 2.45) is 0 Å². The van der Waals surface area contributed by atoms with Gasteiger partial charge in [-0.1, -0.05) is 6.92 Å². The third-order valence-electron chi connectivity index (χ3n) is 3.58. The zero-order chi connectivity index (χ0) is 14.1. The SMILES string of the molecule is CC[C@@H]1CN(Cc2nc3ncc(Br)cc3[nH]2)C[C@H](C)O1. The molecule has 1 N–H and O–H groups in total. The van der Waals surface area contributed by atoms with Gasteiger partial charge in [0.15, 0.2) is 5.65 Å². The van der Waals surface area contributed by atoms with Crippen LogP contribution < -0.4 is 0 Å². The topological polar surface area (TPSA) is 54.0 Å². The highest BCUT2D eigenvalue weighted by Gasteiger charge is 2.24. The molecule has 0 saturated carbocycles. The average Bonchev–Trinajstić information content (AvgIpc) is 2.79. The van der Waals surface area contributed by atoms with Crippen molar-refractivity contribution in [2.45, 2.75) is 39.0 Å². The number of morpholine rings is 1. The Kier molecular flexibility index (Phi) is 4.05. The highest BCUT2D eigenvalue weighted by atomic mass is 79.9. The van der Waals surface area contributed by atoms with Gasteiger partial charge in [0.2, 0.25) is 0 Å². The molecule has 0 amide bonds. The number of nitrogens with one attached hydrogen (secondary N) is 1. The molecule has 0 radical (unpaired) electrons. The molecule has 0 spiro atoms. The van der Waals surface area contributed by atoms with E-state index in [1.54, 1.807) is 6.20 Å². The van der Waals surface area contributed by atoms with Crippen molar-refractivity contribution < 1.29 is 4.74 Å². The Labute approximate surface area is 126 Å². The number of fused-ring (bicyclic) bond motifs is 1. The Balaban J connectivity index is 1.75. The molecule has 3 heterocycles. The Morgan fingerprint density at radius 3 is 3.15 bits per heavy atom. The second-order valence-electron chi connectivity index (χ2n) is 5.38. The predicted octanol–water partition coefficient (Wildman–Crippen LogP) is 2.72. The van der Waals surface area contributed by atoms with Crippen LogP contribution in [0.2, 0.25) is 0 Å². The molecule has 1 fully saturated rings. The monoisotopic (exact) mass is 338 g/mol. The van der Waals surface area contributed by atoms with Crippen LogP contribution in [0, 0.1) is 0 Å². The maximum absolute atomic E-state index is 5.89. The summed E-state index contributed by atoms with van der Waals surface area (Å²) in [6, 6.07) is 2.01. The van der Waals surface area contributed by atoms with Crippen LogP contribution in [0.3, 0.4) is 0 Å². The minimum atomic E-state index is 0.283. The van der Waals surface area contributed by atoms with Crippen LogP contribution in [0.5, 0.6) is 0 Å². The number of halogens is 1. The van der Waals surface area contributed by atoms with E-state index in [4.69, 9.17) is 4.74 Å². The molecule has 5 nitrogen and oxygen atoms in total. The number of pyridine rings is 1. The van der Waals surface area contributed by atoms with E-state index >= 15 is 0 Å². The fourth-order valence-electron chi connectivity index (χ4n) is 2.71. The van der Waals surface area contributed by atoms with E-state index in [9.17, 15) is 0 Å². The largest absolute Gasteiger partial charge is 0.373 e. The molecule has 2 aromatic heterocycles. The predicted molar refractivity (Wildman–Crippen MR) is 81.5 cm³/mol. The summed E-state index contributed by atoms with van der Waals surface area (Å²) in [7, 11) is 0. The number of rotatable bonds is 3. The standard InChI is InChI=1S/C14H19BrN4O/c1-3-11-7-19(6-9(2)20-11)8-13-17-12-4-10(15)5-16-14(12)18-13/h4-5,9,11H,3,6-8H2,1-2H3,(H,16,17,18)/t9-,11+/m0/s1. The summed E-state index contributed by atoms with van der Waals surface area (Å²) in [4.78, 5) is 14.6. The second-order valence-corrected chi connectivity index (χ2v) is 6.29. The van der Waals surface area contributed by atoms with Gasteiger partial charge in [0.1, 0.15) is 5.82 Å². The van der Waals surface area contributed by atoms with Gasteiger partial charge >= 0.3 is 0 Å². The van der Waals surface area contributed by atoms with Crippen LogP contribution in [0.25, 0.3) is 11.2 Å². The molecule has 2 aromatic rings. The lowest BCUT2D eigenvalue weighted by molar-refractivity contribution is -0.0805. The van der Waals surface area contributed by atoms with Gasteiger partial charge in [-0.05, 0) is 35.3 Å². The summed E-state index contributed by atoms with van der Waals surface area (Å²) in [6.07, 6.45) is 3.44. The normalized spacial score (nSPS) is 24.4. The number of ether oxygens (including phenoxy) is 1. The minimum Gasteiger partial charge on any atom is -0.373 e. The zero-order valence-electron chi connectivity index (χ0n) is 11.8. The summed E-state index contributed by atoms with van der Waals surface area (Å²) in [5.41, 5.74) is 1.75. The number of H-pyrrole nitrogens is 1. The van der Waals surface area contributed by atoms with Crippen LogP contribution >= 0.6 is 15.9 Å². The van der Waals surface area contributed by atoms with Gasteiger partial charge < -0.3 is 9.72 Å². The van der Waals surface area contributed by atoms with Crippen molar-refractivity contribution >= 4 is 27.1 Å². The smallest absolute Gasteiger partial charge is 0.177 e. The van der Waals surface area contributed by atoms with E-state index in [0.717, 1.165) is 47.5 Å². The third-order valence-corrected chi connectivity index (χ3v) is 4.02. The number of hydrogen-bond donors (Lipinski definition) is 1. The summed E-state index contributed by atoms with van der Waals surface area (Å²) >= 11 is 3.43. The summed E-state index contributed by atoms with van der Waals surface area (Å²) in [6.45, 7) is 7.04. The molecule has 20 heavy (non-hydrogen) atoms. The van der Waals surface area contributed by atoms with E-state index in [1.165, 1.54) is 0 Å². The van der Waals surface area contributed by atoms with Gasteiger partial charge in [0, 0.05) is 23.8 Å². The first-order chi connectivity index (χ1) is 9.64. The number of nitrogens with zero attached hydrogens (tertiary/aromatic N) is 3. The number of imidazole rings is 1. The van der Waals surface area contributed by atoms with Gasteiger partial charge in [-0.15, -0.1) is 0 Å². The van der Waals surface area contributed by atoms with E-state index in [-0.39, 0.29) is 6.10 Å². The fourth-order valence-corrected chi connectivity index (χ4v) is 3.04. The molecular formula is C14H19BrN4O. The highest BCUT2D eigenvalue weighted by Crippen LogP contribution is 2.18. The first-order valence-corrected chi connectivity index (χ1v) is 7.81. The number of hydrogen-bond acceptors (Lipinski definition) is 4. The van der Waals surface area contributed by atoms with Crippen molar-refractivity contribution in [1.29, 1.82) is 0 Å². The van der Waals surface area contributed by atoms with E-state index < -0.39 is 0 Å². The van der Waals surface area contributed by atoms with Crippen molar-refractivity contribution in [3.8, 4) is 0 Å². The zero-order valence-corrected chi connectivity index (χ0v) is 13.4. The Morgan fingerprint density at radius 1 is 1.50 bits per heavy atom. The van der Waals surface area contributed by atoms with Gasteiger partial charge in [0.25, 0.3) is 0 Å². The lowest BCUT2D eigenvalue weighted by Crippen LogP contribution is -2.45. The lowest BCUT2D eigenvalue weighted by Gasteiger charge is -2.35. The van der Waals surface area contributed by atoms with Gasteiger partial charge in [-0.2, -0.15) is 0 Å². The first kappa shape index (κ1) is 14.0. The second kappa shape index (κ2) is 5.79. The molecule has 6 heteroatoms. The Hall–Kier alpha value is -0.980. The Morgan fingerprint density at radius 2 is 2.35 bits per heavy atom. The van der Waals surface area contributed by atoms with E-state index in [2.05, 4.69) is 49.6 Å². The average molecular weight is 339 g/mol. The molecular weight excluding hydrogens is 320 g/mol. The molecule has 108 valence electrons. The van der Waals surface area contributed by atoms with Gasteiger partial charge in [-0.3, -0.25) is 4.90 Å². The maximum atomic E-state index is 5.89. The molecule has 1 aliphatic rings. The van der Waals surface area contributed by atoms with Crippen molar-refractivity contribution in [2.75, 3.05) is 13.1 Å². The minimum absolute atomic E-state index is 0.283. The molecule has 0 aromatic carbocycles. The van der Waals surface area contributed by atoms with Gasteiger partial charge in [-0.25, -0.2) is 9.97 Å². The summed E-state index contributed by atoms with van der Waals surface area (Å²) < 4.78 is 6.85. The quantitative estimate of drug-likeness (QED) is 0.934. The van der Waals surface area contributed by atoms with Crippen LogP contribution in [-0.2, 0) is 11.3 Å². The fraction of sp³-hybridized carbons (Fsp3) is 0.571. The summed E-state index contributed by atoms with van der Waals surface area (Å²) in [5, 5.41) is 0. The van der Waals surface area contributed by atoms with E-state index in [1.807, 2.05) is 6.07 Å². The Bertz CT molecular complexity index is 600. The van der Waals surface area contributed by atoms with Gasteiger partial charge in [0.05, 0.1) is 24.3 Å². The highest BCUT2D eigenvalue weighted by molar-refractivity contribution is 9.10. The molecule has 0 bridgehead atoms. The molecule has 0 unspecified atom stereocenters. The van der Waals surface area contributed by atoms with Crippen molar-refractivity contribution in [3.63, 3.8) is 0 Å². The van der Waals surface area contributed by atoms with E-state index in [0.29, 0.717) is 6.10 Å².